The summed E-state index contributed by atoms with van der Waals surface area (Å²) in [5, 5.41) is 4.47. The van der Waals surface area contributed by atoms with Crippen LogP contribution in [0.3, 0.4) is 0 Å². The maximum absolute atomic E-state index is 5.79. The minimum Gasteiger partial charge on any atom is -0.497 e. The first kappa shape index (κ1) is 13.3. The molecule has 1 atom stereocenters. The first-order valence-corrected chi connectivity index (χ1v) is 8.13. The number of likely N-dealkylation sites (N-methyl/N-ethyl adjacent to an activating group) is 1. The molecule has 0 amide bonds. The van der Waals surface area contributed by atoms with Gasteiger partial charge in [0.1, 0.15) is 5.76 Å². The summed E-state index contributed by atoms with van der Waals surface area (Å²) in [7, 11) is 0. The highest BCUT2D eigenvalue weighted by Gasteiger charge is 2.21. The van der Waals surface area contributed by atoms with E-state index in [0.29, 0.717) is 6.04 Å². The van der Waals surface area contributed by atoms with Gasteiger partial charge in [0, 0.05) is 11.0 Å². The SMILES string of the molecule is CCNC(CSC1CCCC1)C1=CCCCO1. The average Bonchev–Trinajstić information content (AvgIpc) is 2.88. The number of rotatable bonds is 6. The fraction of sp³-hybridized carbons (Fsp3) is 0.857. The molecule has 0 saturated heterocycles. The van der Waals surface area contributed by atoms with E-state index in [1.165, 1.54) is 50.0 Å². The van der Waals surface area contributed by atoms with Crippen molar-refractivity contribution in [1.82, 2.24) is 5.32 Å². The van der Waals surface area contributed by atoms with Crippen molar-refractivity contribution in [3.63, 3.8) is 0 Å². The van der Waals surface area contributed by atoms with Gasteiger partial charge in [-0.1, -0.05) is 19.8 Å². The van der Waals surface area contributed by atoms with Gasteiger partial charge in [0.25, 0.3) is 0 Å². The summed E-state index contributed by atoms with van der Waals surface area (Å²) in [6.07, 6.45) is 10.4. The van der Waals surface area contributed by atoms with Crippen molar-refractivity contribution in [2.75, 3.05) is 18.9 Å². The zero-order chi connectivity index (χ0) is 11.9. The molecule has 2 aliphatic rings. The Kier molecular flexibility index (Phi) is 5.72. The van der Waals surface area contributed by atoms with Crippen molar-refractivity contribution in [2.45, 2.75) is 56.7 Å². The normalized spacial score (nSPS) is 23.2. The second-order valence-corrected chi connectivity index (χ2v) is 6.28. The molecule has 1 saturated carbocycles. The molecule has 0 aromatic heterocycles. The van der Waals surface area contributed by atoms with Gasteiger partial charge >= 0.3 is 0 Å². The van der Waals surface area contributed by atoms with Crippen molar-refractivity contribution in [3.8, 4) is 0 Å². The summed E-state index contributed by atoms with van der Waals surface area (Å²) in [6, 6.07) is 0.436. The highest BCUT2D eigenvalue weighted by Crippen LogP contribution is 2.30. The molecule has 0 spiro atoms. The molecule has 1 unspecified atom stereocenters. The van der Waals surface area contributed by atoms with Crippen molar-refractivity contribution < 1.29 is 4.74 Å². The molecular weight excluding hydrogens is 230 g/mol. The first-order valence-electron chi connectivity index (χ1n) is 7.08. The van der Waals surface area contributed by atoms with Crippen LogP contribution in [0, 0.1) is 0 Å². The van der Waals surface area contributed by atoms with E-state index in [1.54, 1.807) is 0 Å². The monoisotopic (exact) mass is 255 g/mol. The van der Waals surface area contributed by atoms with Crippen LogP contribution in [-0.2, 0) is 4.74 Å². The van der Waals surface area contributed by atoms with Crippen molar-refractivity contribution in [2.24, 2.45) is 0 Å². The van der Waals surface area contributed by atoms with E-state index < -0.39 is 0 Å². The Bertz CT molecular complexity index is 249. The Morgan fingerprint density at radius 3 is 2.88 bits per heavy atom. The fourth-order valence-electron chi connectivity index (χ4n) is 2.59. The second-order valence-electron chi connectivity index (χ2n) is 4.95. The molecule has 17 heavy (non-hydrogen) atoms. The van der Waals surface area contributed by atoms with Crippen molar-refractivity contribution >= 4 is 11.8 Å². The highest BCUT2D eigenvalue weighted by molar-refractivity contribution is 7.99. The Morgan fingerprint density at radius 1 is 1.41 bits per heavy atom. The van der Waals surface area contributed by atoms with Crippen LogP contribution < -0.4 is 5.32 Å². The lowest BCUT2D eigenvalue weighted by Gasteiger charge is -2.25. The summed E-state index contributed by atoms with van der Waals surface area (Å²) in [6.45, 7) is 4.11. The topological polar surface area (TPSA) is 21.3 Å². The zero-order valence-corrected chi connectivity index (χ0v) is 11.7. The van der Waals surface area contributed by atoms with E-state index in [1.807, 2.05) is 0 Å². The van der Waals surface area contributed by atoms with Crippen LogP contribution in [0.25, 0.3) is 0 Å². The molecule has 0 radical (unpaired) electrons. The smallest absolute Gasteiger partial charge is 0.110 e. The van der Waals surface area contributed by atoms with Crippen LogP contribution >= 0.6 is 11.8 Å². The average molecular weight is 255 g/mol. The van der Waals surface area contributed by atoms with Gasteiger partial charge in [-0.15, -0.1) is 0 Å². The minimum absolute atomic E-state index is 0.436. The predicted molar refractivity (Wildman–Crippen MR) is 75.4 cm³/mol. The summed E-state index contributed by atoms with van der Waals surface area (Å²) < 4.78 is 5.79. The van der Waals surface area contributed by atoms with Gasteiger partial charge in [0.2, 0.25) is 0 Å². The molecule has 3 heteroatoms. The third-order valence-electron chi connectivity index (χ3n) is 3.56. The van der Waals surface area contributed by atoms with E-state index in [9.17, 15) is 0 Å². The van der Waals surface area contributed by atoms with Crippen LogP contribution in [0.2, 0.25) is 0 Å². The summed E-state index contributed by atoms with van der Waals surface area (Å²) >= 11 is 2.14. The summed E-state index contributed by atoms with van der Waals surface area (Å²) in [5.74, 6) is 2.37. The molecular formula is C14H25NOS. The largest absolute Gasteiger partial charge is 0.497 e. The van der Waals surface area contributed by atoms with Gasteiger partial charge in [-0.05, 0) is 38.3 Å². The molecule has 0 aromatic rings. The van der Waals surface area contributed by atoms with Crippen LogP contribution in [0.15, 0.2) is 11.8 Å². The molecule has 1 aliphatic carbocycles. The Balaban J connectivity index is 1.80. The highest BCUT2D eigenvalue weighted by atomic mass is 32.2. The van der Waals surface area contributed by atoms with Crippen LogP contribution in [0.4, 0.5) is 0 Å². The lowest BCUT2D eigenvalue weighted by molar-refractivity contribution is 0.172. The van der Waals surface area contributed by atoms with E-state index in [-0.39, 0.29) is 0 Å². The number of thioether (sulfide) groups is 1. The van der Waals surface area contributed by atoms with Gasteiger partial charge in [0.05, 0.1) is 12.6 Å². The Hall–Kier alpha value is -0.150. The standard InChI is InChI=1S/C14H25NOS/c1-2-15-13(14-9-5-6-10-16-14)11-17-12-7-3-4-8-12/h9,12-13,15H,2-8,10-11H2,1H3. The number of hydrogen-bond donors (Lipinski definition) is 1. The van der Waals surface area contributed by atoms with Crippen molar-refractivity contribution in [1.29, 1.82) is 0 Å². The van der Waals surface area contributed by atoms with Gasteiger partial charge in [-0.3, -0.25) is 0 Å². The molecule has 1 fully saturated rings. The molecule has 1 N–H and O–H groups in total. The van der Waals surface area contributed by atoms with Crippen LogP contribution in [0.5, 0.6) is 0 Å². The number of ether oxygens (including phenoxy) is 1. The number of hydrogen-bond acceptors (Lipinski definition) is 3. The number of allylic oxidation sites excluding steroid dienone is 1. The maximum Gasteiger partial charge on any atom is 0.110 e. The first-order chi connectivity index (χ1) is 8.40. The minimum atomic E-state index is 0.436. The lowest BCUT2D eigenvalue weighted by Crippen LogP contribution is -2.35. The maximum atomic E-state index is 5.79. The third-order valence-corrected chi connectivity index (χ3v) is 5.03. The van der Waals surface area contributed by atoms with Gasteiger partial charge < -0.3 is 10.1 Å². The summed E-state index contributed by atoms with van der Waals surface area (Å²) in [4.78, 5) is 0. The fourth-order valence-corrected chi connectivity index (χ4v) is 4.01. The van der Waals surface area contributed by atoms with E-state index in [2.05, 4.69) is 30.1 Å². The van der Waals surface area contributed by atoms with Gasteiger partial charge in [-0.2, -0.15) is 11.8 Å². The predicted octanol–water partition coefficient (Wildman–Crippen LogP) is 3.33. The molecule has 2 nitrogen and oxygen atoms in total. The summed E-state index contributed by atoms with van der Waals surface area (Å²) in [5.41, 5.74) is 0. The molecule has 1 aliphatic heterocycles. The van der Waals surface area contributed by atoms with Crippen LogP contribution in [0.1, 0.15) is 45.4 Å². The lowest BCUT2D eigenvalue weighted by atomic mass is 10.1. The molecule has 0 aromatic carbocycles. The molecule has 1 heterocycles. The Morgan fingerprint density at radius 2 is 2.24 bits per heavy atom. The quantitative estimate of drug-likeness (QED) is 0.786. The van der Waals surface area contributed by atoms with Crippen LogP contribution in [-0.4, -0.2) is 30.2 Å². The van der Waals surface area contributed by atoms with E-state index in [4.69, 9.17) is 4.74 Å². The third kappa shape index (κ3) is 4.22. The number of nitrogens with one attached hydrogen (secondary N) is 1. The molecule has 98 valence electrons. The Labute approximate surface area is 110 Å². The van der Waals surface area contributed by atoms with Gasteiger partial charge in [0.15, 0.2) is 0 Å². The zero-order valence-electron chi connectivity index (χ0n) is 10.9. The molecule has 2 rings (SSSR count). The van der Waals surface area contributed by atoms with Crippen molar-refractivity contribution in [3.05, 3.63) is 11.8 Å². The van der Waals surface area contributed by atoms with Gasteiger partial charge in [-0.25, -0.2) is 0 Å². The van der Waals surface area contributed by atoms with E-state index >= 15 is 0 Å². The van der Waals surface area contributed by atoms with E-state index in [0.717, 1.165) is 18.4 Å². The second kappa shape index (κ2) is 7.32. The molecule has 0 bridgehead atoms.